The summed E-state index contributed by atoms with van der Waals surface area (Å²) < 4.78 is 5.74. The highest BCUT2D eigenvalue weighted by atomic mass is 16.5. The summed E-state index contributed by atoms with van der Waals surface area (Å²) in [5.41, 5.74) is 0.648. The number of nitrogens with one attached hydrogen (secondary N) is 2. The molecular formula is C18H22N2O3. The summed E-state index contributed by atoms with van der Waals surface area (Å²) in [6, 6.07) is 16.3. The number of hydrogen-bond donors (Lipinski definition) is 3. The van der Waals surface area contributed by atoms with Crippen LogP contribution in [0.3, 0.4) is 0 Å². The molecule has 122 valence electrons. The van der Waals surface area contributed by atoms with E-state index in [0.29, 0.717) is 17.9 Å². The number of aliphatic hydroxyl groups is 1. The number of carbonyl (C=O) groups excluding carboxylic acids is 1. The van der Waals surface area contributed by atoms with Gasteiger partial charge in [-0.25, -0.2) is 4.79 Å². The zero-order valence-corrected chi connectivity index (χ0v) is 13.2. The van der Waals surface area contributed by atoms with Gasteiger partial charge in [0.15, 0.2) is 0 Å². The molecular weight excluding hydrogens is 292 g/mol. The zero-order chi connectivity index (χ0) is 16.5. The van der Waals surface area contributed by atoms with Crippen LogP contribution in [0.15, 0.2) is 54.6 Å². The Hall–Kier alpha value is -2.53. The molecule has 0 aromatic heterocycles. The topological polar surface area (TPSA) is 70.6 Å². The van der Waals surface area contributed by atoms with Crippen LogP contribution >= 0.6 is 0 Å². The maximum absolute atomic E-state index is 12.0. The Labute approximate surface area is 136 Å². The summed E-state index contributed by atoms with van der Waals surface area (Å²) >= 11 is 0. The van der Waals surface area contributed by atoms with Crippen molar-refractivity contribution < 1.29 is 14.6 Å². The van der Waals surface area contributed by atoms with E-state index >= 15 is 0 Å². The molecule has 2 amide bonds. The molecule has 2 aromatic carbocycles. The van der Waals surface area contributed by atoms with Gasteiger partial charge in [-0.2, -0.15) is 0 Å². The number of aliphatic hydroxyl groups excluding tert-OH is 1. The Bertz CT molecular complexity index is 617. The van der Waals surface area contributed by atoms with Crippen molar-refractivity contribution in [1.29, 1.82) is 0 Å². The molecule has 23 heavy (non-hydrogen) atoms. The van der Waals surface area contributed by atoms with Crippen molar-refractivity contribution in [3.05, 3.63) is 54.6 Å². The molecule has 0 saturated heterocycles. The Kier molecular flexibility index (Phi) is 6.44. The van der Waals surface area contributed by atoms with Gasteiger partial charge in [-0.05, 0) is 37.1 Å². The molecule has 0 heterocycles. The van der Waals surface area contributed by atoms with Gasteiger partial charge in [0, 0.05) is 24.4 Å². The van der Waals surface area contributed by atoms with Crippen molar-refractivity contribution in [3.63, 3.8) is 0 Å². The van der Waals surface area contributed by atoms with Crippen LogP contribution in [0.25, 0.3) is 0 Å². The largest absolute Gasteiger partial charge is 0.457 e. The normalized spacial score (nSPS) is 11.6. The molecule has 1 atom stereocenters. The number of ether oxygens (including phenoxy) is 1. The lowest BCUT2D eigenvalue weighted by Gasteiger charge is -2.16. The van der Waals surface area contributed by atoms with Crippen LogP contribution in [0.2, 0.25) is 0 Å². The standard InChI is InChI=1S/C18H22N2O3/c1-2-14(11-12-21)19-18(22)20-15-7-6-10-17(13-15)23-16-8-4-3-5-9-16/h3-10,13-14,21H,2,11-12H2,1H3,(H2,19,20,22). The average molecular weight is 314 g/mol. The highest BCUT2D eigenvalue weighted by Crippen LogP contribution is 2.23. The van der Waals surface area contributed by atoms with Gasteiger partial charge in [0.2, 0.25) is 0 Å². The SMILES string of the molecule is CCC(CCO)NC(=O)Nc1cccc(Oc2ccccc2)c1. The van der Waals surface area contributed by atoms with E-state index in [2.05, 4.69) is 10.6 Å². The van der Waals surface area contributed by atoms with E-state index in [1.807, 2.05) is 49.4 Å². The third-order valence-electron chi connectivity index (χ3n) is 3.38. The van der Waals surface area contributed by atoms with Crippen LogP contribution in [-0.4, -0.2) is 23.8 Å². The summed E-state index contributed by atoms with van der Waals surface area (Å²) in [6.07, 6.45) is 1.31. The second-order valence-corrected chi connectivity index (χ2v) is 5.16. The van der Waals surface area contributed by atoms with Crippen LogP contribution < -0.4 is 15.4 Å². The van der Waals surface area contributed by atoms with Crippen molar-refractivity contribution >= 4 is 11.7 Å². The number of hydrogen-bond acceptors (Lipinski definition) is 3. The molecule has 0 aliphatic heterocycles. The quantitative estimate of drug-likeness (QED) is 0.728. The Morgan fingerprint density at radius 3 is 2.57 bits per heavy atom. The summed E-state index contributed by atoms with van der Waals surface area (Å²) in [7, 11) is 0. The minimum Gasteiger partial charge on any atom is -0.457 e. The van der Waals surface area contributed by atoms with Crippen LogP contribution in [0, 0.1) is 0 Å². The van der Waals surface area contributed by atoms with Crippen molar-refractivity contribution in [2.24, 2.45) is 0 Å². The van der Waals surface area contributed by atoms with E-state index in [-0.39, 0.29) is 18.7 Å². The van der Waals surface area contributed by atoms with E-state index in [1.54, 1.807) is 12.1 Å². The van der Waals surface area contributed by atoms with Crippen molar-refractivity contribution in [1.82, 2.24) is 5.32 Å². The van der Waals surface area contributed by atoms with Crippen LogP contribution in [0.1, 0.15) is 19.8 Å². The molecule has 5 heteroatoms. The molecule has 0 saturated carbocycles. The molecule has 3 N–H and O–H groups in total. The van der Waals surface area contributed by atoms with Gasteiger partial charge in [-0.15, -0.1) is 0 Å². The van der Waals surface area contributed by atoms with Crippen molar-refractivity contribution in [2.45, 2.75) is 25.8 Å². The van der Waals surface area contributed by atoms with Gasteiger partial charge in [0.05, 0.1) is 0 Å². The van der Waals surface area contributed by atoms with Gasteiger partial charge in [0.1, 0.15) is 11.5 Å². The summed E-state index contributed by atoms with van der Waals surface area (Å²) in [6.45, 7) is 2.02. The minimum absolute atomic E-state index is 0.0382. The highest BCUT2D eigenvalue weighted by Gasteiger charge is 2.10. The van der Waals surface area contributed by atoms with Crippen molar-refractivity contribution in [3.8, 4) is 11.5 Å². The molecule has 0 spiro atoms. The lowest BCUT2D eigenvalue weighted by Crippen LogP contribution is -2.38. The fraction of sp³-hybridized carbons (Fsp3) is 0.278. The molecule has 0 bridgehead atoms. The van der Waals surface area contributed by atoms with E-state index in [4.69, 9.17) is 9.84 Å². The van der Waals surface area contributed by atoms with Crippen LogP contribution in [-0.2, 0) is 0 Å². The van der Waals surface area contributed by atoms with Crippen LogP contribution in [0.4, 0.5) is 10.5 Å². The third kappa shape index (κ3) is 5.64. The number of rotatable bonds is 7. The van der Waals surface area contributed by atoms with Crippen LogP contribution in [0.5, 0.6) is 11.5 Å². The first-order valence-corrected chi connectivity index (χ1v) is 7.72. The molecule has 0 aliphatic carbocycles. The van der Waals surface area contributed by atoms with E-state index in [1.165, 1.54) is 0 Å². The van der Waals surface area contributed by atoms with Gasteiger partial charge >= 0.3 is 6.03 Å². The summed E-state index contributed by atoms with van der Waals surface area (Å²) in [4.78, 5) is 12.0. The zero-order valence-electron chi connectivity index (χ0n) is 13.2. The Balaban J connectivity index is 1.95. The lowest BCUT2D eigenvalue weighted by atomic mass is 10.2. The highest BCUT2D eigenvalue weighted by molar-refractivity contribution is 5.89. The monoisotopic (exact) mass is 314 g/mol. The second-order valence-electron chi connectivity index (χ2n) is 5.16. The fourth-order valence-corrected chi connectivity index (χ4v) is 2.15. The first kappa shape index (κ1) is 16.8. The number of anilines is 1. The maximum Gasteiger partial charge on any atom is 0.319 e. The fourth-order valence-electron chi connectivity index (χ4n) is 2.15. The van der Waals surface area contributed by atoms with Gasteiger partial charge < -0.3 is 20.5 Å². The predicted molar refractivity (Wildman–Crippen MR) is 90.9 cm³/mol. The third-order valence-corrected chi connectivity index (χ3v) is 3.38. The van der Waals surface area contributed by atoms with Gasteiger partial charge in [-0.1, -0.05) is 31.2 Å². The number of amides is 2. The molecule has 0 radical (unpaired) electrons. The maximum atomic E-state index is 12.0. The second kappa shape index (κ2) is 8.80. The molecule has 2 aromatic rings. The van der Waals surface area contributed by atoms with E-state index < -0.39 is 0 Å². The molecule has 1 unspecified atom stereocenters. The number of benzene rings is 2. The average Bonchev–Trinajstić information content (AvgIpc) is 2.55. The summed E-state index contributed by atoms with van der Waals surface area (Å²) in [5, 5.41) is 14.6. The van der Waals surface area contributed by atoms with E-state index in [9.17, 15) is 4.79 Å². The smallest absolute Gasteiger partial charge is 0.319 e. The number of para-hydroxylation sites is 1. The Morgan fingerprint density at radius 1 is 1.13 bits per heavy atom. The summed E-state index contributed by atoms with van der Waals surface area (Å²) in [5.74, 6) is 1.39. The molecule has 2 rings (SSSR count). The lowest BCUT2D eigenvalue weighted by molar-refractivity contribution is 0.237. The van der Waals surface area contributed by atoms with Gasteiger partial charge in [0.25, 0.3) is 0 Å². The molecule has 0 aliphatic rings. The van der Waals surface area contributed by atoms with Gasteiger partial charge in [-0.3, -0.25) is 0 Å². The molecule has 0 fully saturated rings. The number of urea groups is 1. The first-order chi connectivity index (χ1) is 11.2. The number of carbonyl (C=O) groups is 1. The minimum atomic E-state index is -0.290. The van der Waals surface area contributed by atoms with E-state index in [0.717, 1.165) is 12.2 Å². The van der Waals surface area contributed by atoms with Crippen molar-refractivity contribution in [2.75, 3.05) is 11.9 Å². The first-order valence-electron chi connectivity index (χ1n) is 7.72. The Morgan fingerprint density at radius 2 is 1.87 bits per heavy atom. The predicted octanol–water partition coefficient (Wildman–Crippen LogP) is 3.76. The molecule has 5 nitrogen and oxygen atoms in total.